The summed E-state index contributed by atoms with van der Waals surface area (Å²) in [5, 5.41) is 18.2. The lowest BCUT2D eigenvalue weighted by Gasteiger charge is -2.21. The Hall–Kier alpha value is -0.715. The fraction of sp³-hybridized carbons (Fsp3) is 0.250. The minimum absolute atomic E-state index is 0.314. The van der Waals surface area contributed by atoms with Crippen LogP contribution < -0.4 is 14.9 Å². The normalized spacial score (nSPS) is 13.9. The van der Waals surface area contributed by atoms with E-state index in [1.807, 2.05) is 0 Å². The van der Waals surface area contributed by atoms with Gasteiger partial charge in [-0.1, -0.05) is 15.9 Å². The van der Waals surface area contributed by atoms with Crippen LogP contribution in [0.3, 0.4) is 0 Å². The van der Waals surface area contributed by atoms with Crippen molar-refractivity contribution in [3.8, 4) is 11.5 Å². The molecule has 74 valence electrons. The Balaban J connectivity index is 2.52. The van der Waals surface area contributed by atoms with Gasteiger partial charge in [0, 0.05) is 9.94 Å². The number of rotatable bonds is 1. The molecular weight excluding hydrogens is 251 g/mol. The molecule has 14 heavy (non-hydrogen) atoms. The maximum atomic E-state index is 9.10. The molecule has 1 aromatic rings. The molecule has 2 N–H and O–H groups in total. The second kappa shape index (κ2) is 3.80. The van der Waals surface area contributed by atoms with Gasteiger partial charge in [-0.2, -0.15) is 0 Å². The second-order valence-corrected chi connectivity index (χ2v) is 3.81. The average Bonchev–Trinajstić information content (AvgIpc) is 2.16. The van der Waals surface area contributed by atoms with E-state index in [1.54, 1.807) is 12.1 Å². The molecule has 0 atom stereocenters. The van der Waals surface area contributed by atoms with E-state index in [4.69, 9.17) is 19.5 Å². The molecule has 0 unspecified atom stereocenters. The zero-order valence-electron chi connectivity index (χ0n) is 7.24. The number of halogens is 1. The van der Waals surface area contributed by atoms with E-state index in [9.17, 15) is 0 Å². The number of fused-ring (bicyclic) bond motifs is 1. The quantitative estimate of drug-likeness (QED) is 0.691. The minimum Gasteiger partial charge on any atom is -0.487 e. The molecule has 6 heteroatoms. The zero-order chi connectivity index (χ0) is 10.1. The van der Waals surface area contributed by atoms with E-state index >= 15 is 0 Å². The van der Waals surface area contributed by atoms with Crippen molar-refractivity contribution in [2.24, 2.45) is 0 Å². The van der Waals surface area contributed by atoms with E-state index in [-0.39, 0.29) is 0 Å². The molecule has 0 aliphatic carbocycles. The number of hydrogen-bond acceptors (Lipinski definition) is 4. The smallest absolute Gasteiger partial charge is 0.487 e. The highest BCUT2D eigenvalue weighted by molar-refractivity contribution is 9.10. The van der Waals surface area contributed by atoms with Gasteiger partial charge in [-0.25, -0.2) is 0 Å². The van der Waals surface area contributed by atoms with Gasteiger partial charge in [0.1, 0.15) is 13.2 Å². The van der Waals surface area contributed by atoms with Crippen LogP contribution in [-0.4, -0.2) is 30.4 Å². The van der Waals surface area contributed by atoms with Crippen molar-refractivity contribution in [3.05, 3.63) is 16.6 Å². The summed E-state index contributed by atoms with van der Waals surface area (Å²) < 4.78 is 11.3. The van der Waals surface area contributed by atoms with Crippen LogP contribution in [-0.2, 0) is 0 Å². The lowest BCUT2D eigenvalue weighted by molar-refractivity contribution is 0.172. The Bertz CT molecular complexity index is 355. The molecule has 0 spiro atoms. The van der Waals surface area contributed by atoms with Gasteiger partial charge in [0.2, 0.25) is 0 Å². The predicted octanol–water partition coefficient (Wildman–Crippen LogP) is -0.0999. The molecule has 0 amide bonds. The molecular formula is C8H8BBrO4. The van der Waals surface area contributed by atoms with Crippen molar-refractivity contribution >= 4 is 28.5 Å². The zero-order valence-corrected chi connectivity index (χ0v) is 8.82. The Kier molecular flexibility index (Phi) is 2.67. The monoisotopic (exact) mass is 258 g/mol. The first kappa shape index (κ1) is 9.83. The molecule has 0 radical (unpaired) electrons. The van der Waals surface area contributed by atoms with Crippen LogP contribution in [0.5, 0.6) is 11.5 Å². The van der Waals surface area contributed by atoms with Crippen molar-refractivity contribution in [2.45, 2.75) is 0 Å². The van der Waals surface area contributed by atoms with Crippen LogP contribution >= 0.6 is 15.9 Å². The fourth-order valence-corrected chi connectivity index (χ4v) is 1.79. The van der Waals surface area contributed by atoms with Crippen molar-refractivity contribution in [1.29, 1.82) is 0 Å². The molecule has 0 fully saturated rings. The topological polar surface area (TPSA) is 58.9 Å². The summed E-state index contributed by atoms with van der Waals surface area (Å²) in [6.07, 6.45) is 0. The Labute approximate surface area is 89.7 Å². The lowest BCUT2D eigenvalue weighted by Crippen LogP contribution is -2.34. The first-order chi connectivity index (χ1) is 6.68. The van der Waals surface area contributed by atoms with Crippen molar-refractivity contribution in [1.82, 2.24) is 0 Å². The van der Waals surface area contributed by atoms with Gasteiger partial charge in [-0.15, -0.1) is 0 Å². The molecule has 1 aromatic carbocycles. The number of benzene rings is 1. The first-order valence-corrected chi connectivity index (χ1v) is 4.93. The summed E-state index contributed by atoms with van der Waals surface area (Å²) in [5.74, 6) is 0.947. The van der Waals surface area contributed by atoms with Gasteiger partial charge < -0.3 is 19.5 Å². The highest BCUT2D eigenvalue weighted by Gasteiger charge is 2.24. The van der Waals surface area contributed by atoms with Gasteiger partial charge in [0.15, 0.2) is 11.5 Å². The summed E-state index contributed by atoms with van der Waals surface area (Å²) in [5.41, 5.74) is 0.314. The molecule has 4 nitrogen and oxygen atoms in total. The van der Waals surface area contributed by atoms with E-state index in [0.29, 0.717) is 30.2 Å². The maximum Gasteiger partial charge on any atom is 0.492 e. The summed E-state index contributed by atoms with van der Waals surface area (Å²) in [7, 11) is -1.55. The highest BCUT2D eigenvalue weighted by Crippen LogP contribution is 2.31. The summed E-state index contributed by atoms with van der Waals surface area (Å²) >= 11 is 3.25. The highest BCUT2D eigenvalue weighted by atomic mass is 79.9. The average molecular weight is 259 g/mol. The molecule has 1 aliphatic rings. The summed E-state index contributed by atoms with van der Waals surface area (Å²) in [4.78, 5) is 0. The molecule has 0 saturated heterocycles. The van der Waals surface area contributed by atoms with Crippen molar-refractivity contribution in [2.75, 3.05) is 13.2 Å². The predicted molar refractivity (Wildman–Crippen MR) is 55.0 cm³/mol. The number of ether oxygens (including phenoxy) is 2. The van der Waals surface area contributed by atoms with E-state index in [2.05, 4.69) is 15.9 Å². The summed E-state index contributed by atoms with van der Waals surface area (Å²) in [6, 6.07) is 3.33. The van der Waals surface area contributed by atoms with Crippen molar-refractivity contribution in [3.63, 3.8) is 0 Å². The minimum atomic E-state index is -1.55. The van der Waals surface area contributed by atoms with Gasteiger partial charge in [0.25, 0.3) is 0 Å². The Morgan fingerprint density at radius 1 is 1.21 bits per heavy atom. The molecule has 2 rings (SSSR count). The largest absolute Gasteiger partial charge is 0.492 e. The van der Waals surface area contributed by atoms with Crippen LogP contribution in [0.1, 0.15) is 0 Å². The third-order valence-corrected chi connectivity index (χ3v) is 2.37. The molecule has 0 saturated carbocycles. The summed E-state index contributed by atoms with van der Waals surface area (Å²) in [6.45, 7) is 0.902. The molecule has 1 aliphatic heterocycles. The van der Waals surface area contributed by atoms with Crippen LogP contribution in [0.25, 0.3) is 0 Å². The van der Waals surface area contributed by atoms with E-state index in [0.717, 1.165) is 4.47 Å². The Morgan fingerprint density at radius 2 is 1.93 bits per heavy atom. The van der Waals surface area contributed by atoms with Crippen LogP contribution in [0.4, 0.5) is 0 Å². The number of hydrogen-bond donors (Lipinski definition) is 2. The van der Waals surface area contributed by atoms with Crippen molar-refractivity contribution < 1.29 is 19.5 Å². The van der Waals surface area contributed by atoms with Gasteiger partial charge >= 0.3 is 7.12 Å². The fourth-order valence-electron chi connectivity index (χ4n) is 1.34. The van der Waals surface area contributed by atoms with Gasteiger partial charge in [0.05, 0.1) is 0 Å². The third kappa shape index (κ3) is 1.73. The van der Waals surface area contributed by atoms with Crippen LogP contribution in [0.15, 0.2) is 16.6 Å². The second-order valence-electron chi connectivity index (χ2n) is 2.89. The lowest BCUT2D eigenvalue weighted by atomic mass is 9.79. The first-order valence-electron chi connectivity index (χ1n) is 4.13. The molecule has 0 aromatic heterocycles. The standard InChI is InChI=1S/C8H8BBrO4/c10-5-3-6(9(11)12)8-7(4-5)13-1-2-14-8/h3-4,11-12H,1-2H2. The van der Waals surface area contributed by atoms with Gasteiger partial charge in [-0.05, 0) is 12.1 Å². The van der Waals surface area contributed by atoms with Crippen LogP contribution in [0.2, 0.25) is 0 Å². The Morgan fingerprint density at radius 3 is 2.64 bits per heavy atom. The van der Waals surface area contributed by atoms with E-state index in [1.165, 1.54) is 0 Å². The van der Waals surface area contributed by atoms with Crippen LogP contribution in [0, 0.1) is 0 Å². The SMILES string of the molecule is OB(O)c1cc(Br)cc2c1OCCO2. The van der Waals surface area contributed by atoms with Gasteiger partial charge in [-0.3, -0.25) is 0 Å². The molecule has 1 heterocycles. The molecule has 0 bridgehead atoms. The third-order valence-electron chi connectivity index (χ3n) is 1.91. The maximum absolute atomic E-state index is 9.10. The van der Waals surface area contributed by atoms with E-state index < -0.39 is 7.12 Å².